The summed E-state index contributed by atoms with van der Waals surface area (Å²) < 4.78 is 0. The van der Waals surface area contributed by atoms with Gasteiger partial charge in [-0.2, -0.15) is 0 Å². The predicted octanol–water partition coefficient (Wildman–Crippen LogP) is 0.931. The Morgan fingerprint density at radius 2 is 1.86 bits per heavy atom. The maximum atomic E-state index is 11.5. The van der Waals surface area contributed by atoms with E-state index >= 15 is 0 Å². The lowest BCUT2D eigenvalue weighted by atomic mass is 10.2. The maximum Gasteiger partial charge on any atom is 0.271 e. The molecule has 2 aromatic rings. The summed E-state index contributed by atoms with van der Waals surface area (Å²) in [6.07, 6.45) is 3.82. The average molecular weight is 285 g/mol. The Bertz CT molecular complexity index is 588. The molecule has 1 aromatic heterocycles. The molecule has 1 aromatic carbocycles. The molecule has 0 fully saturated rings. The van der Waals surface area contributed by atoms with Gasteiger partial charge in [0.15, 0.2) is 11.5 Å². The molecule has 0 bridgehead atoms. The first-order valence-corrected chi connectivity index (χ1v) is 6.82. The molecule has 6 heteroatoms. The van der Waals surface area contributed by atoms with Crippen LogP contribution in [0.1, 0.15) is 22.5 Å². The number of hydrogen-bond donors (Lipinski definition) is 2. The molecule has 1 amide bonds. The number of carbonyl (C=O) groups excluding carboxylic acids is 1. The number of benzene rings is 1. The van der Waals surface area contributed by atoms with E-state index in [-0.39, 0.29) is 5.69 Å². The van der Waals surface area contributed by atoms with Gasteiger partial charge in [-0.1, -0.05) is 30.3 Å². The minimum absolute atomic E-state index is 0.186. The molecule has 6 nitrogen and oxygen atoms in total. The summed E-state index contributed by atoms with van der Waals surface area (Å²) in [4.78, 5) is 21.8. The van der Waals surface area contributed by atoms with Gasteiger partial charge in [0.2, 0.25) is 0 Å². The SMILES string of the molecule is NCCCN(Cc1ccccc1)c1nccnc1C(N)=O. The van der Waals surface area contributed by atoms with Crippen molar-refractivity contribution in [2.24, 2.45) is 11.5 Å². The minimum atomic E-state index is -0.580. The highest BCUT2D eigenvalue weighted by atomic mass is 16.1. The molecule has 0 aliphatic carbocycles. The number of nitrogens with two attached hydrogens (primary N) is 2. The predicted molar refractivity (Wildman–Crippen MR) is 81.7 cm³/mol. The fraction of sp³-hybridized carbons (Fsp3) is 0.267. The van der Waals surface area contributed by atoms with E-state index in [9.17, 15) is 4.79 Å². The number of amides is 1. The summed E-state index contributed by atoms with van der Waals surface area (Å²) in [5.74, 6) is -0.0776. The number of rotatable bonds is 7. The van der Waals surface area contributed by atoms with Gasteiger partial charge in [-0.05, 0) is 18.5 Å². The van der Waals surface area contributed by atoms with Gasteiger partial charge in [-0.25, -0.2) is 9.97 Å². The van der Waals surface area contributed by atoms with Gasteiger partial charge >= 0.3 is 0 Å². The minimum Gasteiger partial charge on any atom is -0.364 e. The van der Waals surface area contributed by atoms with Crippen molar-refractivity contribution >= 4 is 11.7 Å². The third-order valence-corrected chi connectivity index (χ3v) is 3.06. The van der Waals surface area contributed by atoms with Crippen LogP contribution in [0, 0.1) is 0 Å². The summed E-state index contributed by atoms with van der Waals surface area (Å²) in [5, 5.41) is 0. The molecule has 0 unspecified atom stereocenters. The molecule has 0 aliphatic heterocycles. The van der Waals surface area contributed by atoms with E-state index in [4.69, 9.17) is 11.5 Å². The quantitative estimate of drug-likeness (QED) is 0.788. The Balaban J connectivity index is 2.29. The molecule has 4 N–H and O–H groups in total. The third kappa shape index (κ3) is 4.00. The van der Waals surface area contributed by atoms with Crippen LogP contribution in [0.2, 0.25) is 0 Å². The Kier molecular flexibility index (Phi) is 5.22. The fourth-order valence-corrected chi connectivity index (χ4v) is 2.08. The third-order valence-electron chi connectivity index (χ3n) is 3.06. The molecule has 1 heterocycles. The van der Waals surface area contributed by atoms with E-state index in [1.807, 2.05) is 35.2 Å². The zero-order valence-electron chi connectivity index (χ0n) is 11.8. The van der Waals surface area contributed by atoms with Crippen LogP contribution in [0.15, 0.2) is 42.7 Å². The van der Waals surface area contributed by atoms with Gasteiger partial charge in [-0.15, -0.1) is 0 Å². The van der Waals surface area contributed by atoms with Crippen LogP contribution in [-0.2, 0) is 6.54 Å². The van der Waals surface area contributed by atoms with Gasteiger partial charge in [0.1, 0.15) is 0 Å². The molecular formula is C15H19N5O. The van der Waals surface area contributed by atoms with Crippen molar-refractivity contribution in [1.82, 2.24) is 9.97 Å². The lowest BCUT2D eigenvalue weighted by Crippen LogP contribution is -2.30. The van der Waals surface area contributed by atoms with E-state index in [1.165, 1.54) is 6.20 Å². The highest BCUT2D eigenvalue weighted by Crippen LogP contribution is 2.18. The van der Waals surface area contributed by atoms with Crippen molar-refractivity contribution in [3.63, 3.8) is 0 Å². The Morgan fingerprint density at radius 3 is 2.52 bits per heavy atom. The Morgan fingerprint density at radius 1 is 1.14 bits per heavy atom. The van der Waals surface area contributed by atoms with Crippen LogP contribution in [0.5, 0.6) is 0 Å². The molecule has 0 saturated heterocycles. The van der Waals surface area contributed by atoms with Crippen LogP contribution < -0.4 is 16.4 Å². The van der Waals surface area contributed by atoms with Gasteiger partial charge < -0.3 is 16.4 Å². The van der Waals surface area contributed by atoms with E-state index in [2.05, 4.69) is 9.97 Å². The summed E-state index contributed by atoms with van der Waals surface area (Å²) in [5.41, 5.74) is 12.3. The molecule has 0 aliphatic rings. The van der Waals surface area contributed by atoms with E-state index in [0.29, 0.717) is 25.5 Å². The van der Waals surface area contributed by atoms with Crippen molar-refractivity contribution < 1.29 is 4.79 Å². The van der Waals surface area contributed by atoms with Crippen LogP contribution in [-0.4, -0.2) is 29.0 Å². The van der Waals surface area contributed by atoms with Crippen molar-refractivity contribution in [3.8, 4) is 0 Å². The zero-order chi connectivity index (χ0) is 15.1. The van der Waals surface area contributed by atoms with Gasteiger partial charge in [0.25, 0.3) is 5.91 Å². The largest absolute Gasteiger partial charge is 0.364 e. The van der Waals surface area contributed by atoms with E-state index in [0.717, 1.165) is 12.0 Å². The Hall–Kier alpha value is -2.47. The summed E-state index contributed by atoms with van der Waals surface area (Å²) in [6.45, 7) is 1.88. The van der Waals surface area contributed by atoms with Crippen molar-refractivity contribution in [2.75, 3.05) is 18.0 Å². The standard InChI is InChI=1S/C15H19N5O/c16-7-4-10-20(11-12-5-2-1-3-6-12)15-13(14(17)21)18-8-9-19-15/h1-3,5-6,8-9H,4,7,10-11,16H2,(H2,17,21). The normalized spacial score (nSPS) is 10.3. The van der Waals surface area contributed by atoms with Gasteiger partial charge in [0.05, 0.1) is 0 Å². The first-order chi connectivity index (χ1) is 10.2. The molecule has 0 spiro atoms. The molecule has 0 radical (unpaired) electrons. The first-order valence-electron chi connectivity index (χ1n) is 6.82. The Labute approximate surface area is 123 Å². The lowest BCUT2D eigenvalue weighted by molar-refractivity contribution is 0.0995. The molecule has 2 rings (SSSR count). The van der Waals surface area contributed by atoms with Crippen molar-refractivity contribution in [1.29, 1.82) is 0 Å². The van der Waals surface area contributed by atoms with Crippen molar-refractivity contribution in [2.45, 2.75) is 13.0 Å². The number of nitrogens with zero attached hydrogens (tertiary/aromatic N) is 3. The van der Waals surface area contributed by atoms with Crippen LogP contribution in [0.3, 0.4) is 0 Å². The van der Waals surface area contributed by atoms with Crippen LogP contribution >= 0.6 is 0 Å². The molecule has 110 valence electrons. The number of hydrogen-bond acceptors (Lipinski definition) is 5. The van der Waals surface area contributed by atoms with Gasteiger partial charge in [0, 0.05) is 25.5 Å². The first kappa shape index (κ1) is 14.9. The lowest BCUT2D eigenvalue weighted by Gasteiger charge is -2.24. The highest BCUT2D eigenvalue weighted by molar-refractivity contribution is 5.95. The topological polar surface area (TPSA) is 98.1 Å². The number of carbonyl (C=O) groups is 1. The molecule has 0 atom stereocenters. The van der Waals surface area contributed by atoms with Crippen molar-refractivity contribution in [3.05, 3.63) is 54.0 Å². The zero-order valence-corrected chi connectivity index (χ0v) is 11.8. The number of aromatic nitrogens is 2. The smallest absolute Gasteiger partial charge is 0.271 e. The van der Waals surface area contributed by atoms with E-state index in [1.54, 1.807) is 6.20 Å². The number of anilines is 1. The monoisotopic (exact) mass is 285 g/mol. The molecular weight excluding hydrogens is 266 g/mol. The fourth-order valence-electron chi connectivity index (χ4n) is 2.08. The van der Waals surface area contributed by atoms with Crippen LogP contribution in [0.25, 0.3) is 0 Å². The second kappa shape index (κ2) is 7.35. The van der Waals surface area contributed by atoms with Gasteiger partial charge in [-0.3, -0.25) is 4.79 Å². The summed E-state index contributed by atoms with van der Waals surface area (Å²) >= 11 is 0. The average Bonchev–Trinajstić information content (AvgIpc) is 2.52. The molecule has 21 heavy (non-hydrogen) atoms. The highest BCUT2D eigenvalue weighted by Gasteiger charge is 2.17. The number of primary amides is 1. The second-order valence-corrected chi connectivity index (χ2v) is 4.64. The molecule has 0 saturated carbocycles. The summed E-state index contributed by atoms with van der Waals surface area (Å²) in [7, 11) is 0. The van der Waals surface area contributed by atoms with Crippen LogP contribution in [0.4, 0.5) is 5.82 Å². The van der Waals surface area contributed by atoms with E-state index < -0.39 is 5.91 Å². The second-order valence-electron chi connectivity index (χ2n) is 4.64. The maximum absolute atomic E-state index is 11.5. The summed E-state index contributed by atoms with van der Waals surface area (Å²) in [6, 6.07) is 9.96.